The predicted octanol–water partition coefficient (Wildman–Crippen LogP) is 0.881. The average Bonchev–Trinajstić information content (AvgIpc) is 2.26. The van der Waals surface area contributed by atoms with Crippen LogP contribution in [-0.4, -0.2) is 35.6 Å². The summed E-state index contributed by atoms with van der Waals surface area (Å²) in [5, 5.41) is 16.9. The van der Waals surface area contributed by atoms with Crippen molar-refractivity contribution in [3.05, 3.63) is 23.4 Å². The van der Waals surface area contributed by atoms with Gasteiger partial charge in [0.25, 0.3) is 0 Å². The third kappa shape index (κ3) is 2.61. The van der Waals surface area contributed by atoms with E-state index >= 15 is 0 Å². The van der Waals surface area contributed by atoms with Crippen LogP contribution in [0.4, 0.5) is 5.82 Å². The highest BCUT2D eigenvalue weighted by molar-refractivity contribution is 5.99. The molecular weight excluding hydrogens is 228 g/mol. The van der Waals surface area contributed by atoms with Crippen LogP contribution in [0.15, 0.2) is 12.1 Å². The van der Waals surface area contributed by atoms with Crippen molar-refractivity contribution in [3.8, 4) is 0 Å². The van der Waals surface area contributed by atoms with Gasteiger partial charge in [0.15, 0.2) is 0 Å². The highest BCUT2D eigenvalue weighted by atomic mass is 16.3. The third-order valence-corrected chi connectivity index (χ3v) is 3.41. The first-order valence-electron chi connectivity index (χ1n) is 6.18. The van der Waals surface area contributed by atoms with Gasteiger partial charge in [0, 0.05) is 19.3 Å². The molecule has 0 aromatic carbocycles. The summed E-state index contributed by atoms with van der Waals surface area (Å²) in [7, 11) is 1.96. The minimum absolute atomic E-state index is 0.0398. The zero-order chi connectivity index (χ0) is 13.3. The van der Waals surface area contributed by atoms with Crippen molar-refractivity contribution in [2.45, 2.75) is 25.9 Å². The quantitative estimate of drug-likeness (QED) is 0.545. The van der Waals surface area contributed by atoms with Crippen LogP contribution in [0.25, 0.3) is 0 Å². The van der Waals surface area contributed by atoms with E-state index < -0.39 is 0 Å². The Morgan fingerprint density at radius 2 is 2.22 bits per heavy atom. The molecule has 1 aliphatic carbocycles. The summed E-state index contributed by atoms with van der Waals surface area (Å²) in [4.78, 5) is 6.50. The lowest BCUT2D eigenvalue weighted by molar-refractivity contribution is 0.0464. The van der Waals surface area contributed by atoms with Gasteiger partial charge in [0.2, 0.25) is 0 Å². The first kappa shape index (κ1) is 12.8. The van der Waals surface area contributed by atoms with Crippen molar-refractivity contribution >= 4 is 11.7 Å². The average molecular weight is 248 g/mol. The summed E-state index contributed by atoms with van der Waals surface area (Å²) < 4.78 is 0. The molecule has 1 aromatic heterocycles. The normalized spacial score (nSPS) is 22.4. The topological polar surface area (TPSA) is 86.2 Å². The van der Waals surface area contributed by atoms with Gasteiger partial charge < -0.3 is 15.7 Å². The number of hydrogen-bond donors (Lipinski definition) is 3. The Balaban J connectivity index is 2.15. The minimum Gasteiger partial charge on any atom is -0.393 e. The molecule has 0 atom stereocenters. The van der Waals surface area contributed by atoms with Gasteiger partial charge >= 0.3 is 0 Å². The molecule has 4 N–H and O–H groups in total. The molecular formula is C13H20N4O. The van der Waals surface area contributed by atoms with Crippen LogP contribution >= 0.6 is 0 Å². The fraction of sp³-hybridized carbons (Fsp3) is 0.538. The third-order valence-electron chi connectivity index (χ3n) is 3.41. The molecule has 1 heterocycles. The molecule has 18 heavy (non-hydrogen) atoms. The molecule has 0 saturated heterocycles. The van der Waals surface area contributed by atoms with Gasteiger partial charge in [-0.05, 0) is 37.8 Å². The Morgan fingerprint density at radius 3 is 2.78 bits per heavy atom. The van der Waals surface area contributed by atoms with E-state index in [4.69, 9.17) is 11.1 Å². The number of aliphatic hydroxyl groups is 1. The molecule has 0 radical (unpaired) electrons. The van der Waals surface area contributed by atoms with Crippen LogP contribution in [0, 0.1) is 18.3 Å². The van der Waals surface area contributed by atoms with Gasteiger partial charge in [0.1, 0.15) is 11.7 Å². The lowest BCUT2D eigenvalue weighted by Gasteiger charge is -2.35. The Kier molecular flexibility index (Phi) is 3.52. The molecule has 0 amide bonds. The second-order valence-corrected chi connectivity index (χ2v) is 5.11. The van der Waals surface area contributed by atoms with E-state index in [1.807, 2.05) is 31.0 Å². The number of aliphatic hydroxyl groups excluding tert-OH is 1. The molecule has 1 fully saturated rings. The predicted molar refractivity (Wildman–Crippen MR) is 72.0 cm³/mol. The SMILES string of the molecule is Cc1ccc(C(=N)N)c(N(C)CC2CC(O)C2)n1. The number of nitrogens with zero attached hydrogens (tertiary/aromatic N) is 2. The van der Waals surface area contributed by atoms with Gasteiger partial charge in [0.05, 0.1) is 11.7 Å². The number of nitrogen functional groups attached to an aromatic ring is 1. The fourth-order valence-electron chi connectivity index (χ4n) is 2.37. The number of amidine groups is 1. The second-order valence-electron chi connectivity index (χ2n) is 5.11. The monoisotopic (exact) mass is 248 g/mol. The second kappa shape index (κ2) is 4.94. The van der Waals surface area contributed by atoms with E-state index in [1.165, 1.54) is 0 Å². The van der Waals surface area contributed by atoms with E-state index in [0.29, 0.717) is 11.5 Å². The maximum atomic E-state index is 9.30. The Morgan fingerprint density at radius 1 is 1.56 bits per heavy atom. The van der Waals surface area contributed by atoms with Crippen LogP contribution in [-0.2, 0) is 0 Å². The van der Waals surface area contributed by atoms with Crippen LogP contribution in [0.5, 0.6) is 0 Å². The van der Waals surface area contributed by atoms with Gasteiger partial charge in [-0.25, -0.2) is 4.98 Å². The van der Waals surface area contributed by atoms with Gasteiger partial charge in [-0.15, -0.1) is 0 Å². The van der Waals surface area contributed by atoms with Crippen molar-refractivity contribution in [1.82, 2.24) is 4.98 Å². The van der Waals surface area contributed by atoms with E-state index in [0.717, 1.165) is 30.9 Å². The Labute approximate surface area is 107 Å². The van der Waals surface area contributed by atoms with Crippen LogP contribution in [0.2, 0.25) is 0 Å². The molecule has 0 aliphatic heterocycles. The summed E-state index contributed by atoms with van der Waals surface area (Å²) in [5.74, 6) is 1.30. The van der Waals surface area contributed by atoms with Crippen LogP contribution in [0.1, 0.15) is 24.1 Å². The summed E-state index contributed by atoms with van der Waals surface area (Å²) >= 11 is 0. The van der Waals surface area contributed by atoms with E-state index in [-0.39, 0.29) is 11.9 Å². The smallest absolute Gasteiger partial charge is 0.139 e. The van der Waals surface area contributed by atoms with Crippen LogP contribution in [0.3, 0.4) is 0 Å². The molecule has 5 heteroatoms. The van der Waals surface area contributed by atoms with Gasteiger partial charge in [-0.1, -0.05) is 0 Å². The number of aromatic nitrogens is 1. The minimum atomic E-state index is -0.138. The van der Waals surface area contributed by atoms with E-state index in [2.05, 4.69) is 4.98 Å². The fourth-order valence-corrected chi connectivity index (χ4v) is 2.37. The zero-order valence-corrected chi connectivity index (χ0v) is 10.8. The maximum absolute atomic E-state index is 9.30. The number of pyridine rings is 1. The Bertz CT molecular complexity index is 454. The zero-order valence-electron chi connectivity index (χ0n) is 10.8. The molecule has 98 valence electrons. The van der Waals surface area contributed by atoms with Crippen molar-refractivity contribution in [1.29, 1.82) is 5.41 Å². The standard InChI is InChI=1S/C13H20N4O/c1-8-3-4-11(12(14)15)13(16-8)17(2)7-9-5-10(18)6-9/h3-4,9-10,18H,5-7H2,1-2H3,(H3,14,15). The van der Waals surface area contributed by atoms with Crippen molar-refractivity contribution in [2.24, 2.45) is 11.7 Å². The van der Waals surface area contributed by atoms with Crippen LogP contribution < -0.4 is 10.6 Å². The van der Waals surface area contributed by atoms with E-state index in [1.54, 1.807) is 0 Å². The number of aryl methyl sites for hydroxylation is 1. The number of nitrogens with two attached hydrogens (primary N) is 1. The highest BCUT2D eigenvalue weighted by Gasteiger charge is 2.28. The molecule has 0 unspecified atom stereocenters. The molecule has 0 spiro atoms. The van der Waals surface area contributed by atoms with Crippen molar-refractivity contribution in [3.63, 3.8) is 0 Å². The molecule has 5 nitrogen and oxygen atoms in total. The number of hydrogen-bond acceptors (Lipinski definition) is 4. The molecule has 2 rings (SSSR count). The van der Waals surface area contributed by atoms with Crippen molar-refractivity contribution in [2.75, 3.05) is 18.5 Å². The summed E-state index contributed by atoms with van der Waals surface area (Å²) in [6, 6.07) is 3.70. The van der Waals surface area contributed by atoms with Crippen molar-refractivity contribution < 1.29 is 5.11 Å². The van der Waals surface area contributed by atoms with E-state index in [9.17, 15) is 5.11 Å². The van der Waals surface area contributed by atoms with Gasteiger partial charge in [-0.3, -0.25) is 5.41 Å². The lowest BCUT2D eigenvalue weighted by Crippen LogP contribution is -2.38. The molecule has 0 bridgehead atoms. The number of nitrogens with one attached hydrogen (secondary N) is 1. The first-order valence-corrected chi connectivity index (χ1v) is 6.18. The van der Waals surface area contributed by atoms with Gasteiger partial charge in [-0.2, -0.15) is 0 Å². The maximum Gasteiger partial charge on any atom is 0.139 e. The Hall–Kier alpha value is -1.62. The molecule has 1 aliphatic rings. The molecule has 1 saturated carbocycles. The lowest BCUT2D eigenvalue weighted by atomic mass is 9.82. The summed E-state index contributed by atoms with van der Waals surface area (Å²) in [6.45, 7) is 2.77. The summed E-state index contributed by atoms with van der Waals surface area (Å²) in [6.07, 6.45) is 1.57. The number of anilines is 1. The highest BCUT2D eigenvalue weighted by Crippen LogP contribution is 2.29. The summed E-state index contributed by atoms with van der Waals surface area (Å²) in [5.41, 5.74) is 7.16. The largest absolute Gasteiger partial charge is 0.393 e. The number of rotatable bonds is 4. The first-order chi connectivity index (χ1) is 8.47. The molecule has 1 aromatic rings.